The minimum Gasteiger partial charge on any atom is -0.459 e. The molecule has 0 unspecified atom stereocenters. The number of aromatic nitrogens is 1. The standard InChI is InChI=1S/C23H31N5O3/c1-17-6-7-19(22(29)26(3)16-18-8-9-25(2)15-18)21(24-17)27-10-12-28(13-11-27)23(30)20-5-4-14-31-20/h4-7,14,18H,8-13,15-16H2,1-3H3/t18-/m1/s1. The maximum Gasteiger partial charge on any atom is 0.289 e. The molecule has 0 spiro atoms. The molecule has 2 aromatic rings. The van der Waals surface area contributed by atoms with Crippen LogP contribution in [0.15, 0.2) is 34.9 Å². The maximum atomic E-state index is 13.3. The van der Waals surface area contributed by atoms with Crippen molar-refractivity contribution in [3.63, 3.8) is 0 Å². The summed E-state index contributed by atoms with van der Waals surface area (Å²) in [7, 11) is 4.00. The smallest absolute Gasteiger partial charge is 0.289 e. The molecular weight excluding hydrogens is 394 g/mol. The number of piperazine rings is 1. The second-order valence-corrected chi connectivity index (χ2v) is 8.68. The van der Waals surface area contributed by atoms with Crippen LogP contribution in [-0.2, 0) is 0 Å². The van der Waals surface area contributed by atoms with E-state index in [1.165, 1.54) is 6.26 Å². The summed E-state index contributed by atoms with van der Waals surface area (Å²) in [5.41, 5.74) is 1.51. The number of carbonyl (C=O) groups is 2. The van der Waals surface area contributed by atoms with Crippen molar-refractivity contribution in [1.29, 1.82) is 0 Å². The molecule has 0 aromatic carbocycles. The van der Waals surface area contributed by atoms with Crippen molar-refractivity contribution in [3.8, 4) is 0 Å². The SMILES string of the molecule is Cc1ccc(C(=O)N(C)C[C@@H]2CCN(C)C2)c(N2CCN(C(=O)c3ccco3)CC2)n1. The van der Waals surface area contributed by atoms with E-state index in [2.05, 4.69) is 16.8 Å². The van der Waals surface area contributed by atoms with Gasteiger partial charge in [0.1, 0.15) is 5.82 Å². The number of furan rings is 1. The largest absolute Gasteiger partial charge is 0.459 e. The first-order valence-electron chi connectivity index (χ1n) is 10.9. The van der Waals surface area contributed by atoms with Gasteiger partial charge in [-0.05, 0) is 57.1 Å². The van der Waals surface area contributed by atoms with Gasteiger partial charge in [-0.25, -0.2) is 4.98 Å². The molecule has 8 nitrogen and oxygen atoms in total. The van der Waals surface area contributed by atoms with Crippen LogP contribution in [0.3, 0.4) is 0 Å². The van der Waals surface area contributed by atoms with Crippen LogP contribution in [-0.4, -0.2) is 91.4 Å². The zero-order valence-corrected chi connectivity index (χ0v) is 18.6. The highest BCUT2D eigenvalue weighted by atomic mass is 16.3. The van der Waals surface area contributed by atoms with Gasteiger partial charge in [0.2, 0.25) is 0 Å². The number of amides is 2. The quantitative estimate of drug-likeness (QED) is 0.729. The number of anilines is 1. The second-order valence-electron chi connectivity index (χ2n) is 8.68. The Morgan fingerprint density at radius 1 is 1.16 bits per heavy atom. The topological polar surface area (TPSA) is 73.1 Å². The van der Waals surface area contributed by atoms with Crippen LogP contribution in [0.1, 0.15) is 33.0 Å². The molecule has 2 amide bonds. The molecule has 2 aliphatic heterocycles. The minimum atomic E-state index is -0.0978. The van der Waals surface area contributed by atoms with Crippen molar-refractivity contribution in [2.75, 3.05) is 64.8 Å². The molecular formula is C23H31N5O3. The van der Waals surface area contributed by atoms with Crippen molar-refractivity contribution >= 4 is 17.6 Å². The predicted molar refractivity (Wildman–Crippen MR) is 118 cm³/mol. The monoisotopic (exact) mass is 425 g/mol. The van der Waals surface area contributed by atoms with Crippen LogP contribution in [0.25, 0.3) is 0 Å². The third-order valence-electron chi connectivity index (χ3n) is 6.21. The number of pyridine rings is 1. The van der Waals surface area contributed by atoms with E-state index >= 15 is 0 Å². The van der Waals surface area contributed by atoms with Gasteiger partial charge in [0.05, 0.1) is 11.8 Å². The van der Waals surface area contributed by atoms with E-state index in [0.29, 0.717) is 49.2 Å². The van der Waals surface area contributed by atoms with E-state index in [9.17, 15) is 9.59 Å². The number of rotatable bonds is 5. The van der Waals surface area contributed by atoms with Gasteiger partial charge in [-0.2, -0.15) is 0 Å². The molecule has 1 atom stereocenters. The summed E-state index contributed by atoms with van der Waals surface area (Å²) in [6.45, 7) is 7.18. The number of aryl methyl sites for hydroxylation is 1. The first kappa shape index (κ1) is 21.4. The van der Waals surface area contributed by atoms with Gasteiger partial charge in [0.25, 0.3) is 11.8 Å². The minimum absolute atomic E-state index is 0.00569. The van der Waals surface area contributed by atoms with Gasteiger partial charge in [-0.15, -0.1) is 0 Å². The average molecular weight is 426 g/mol. The molecule has 0 bridgehead atoms. The predicted octanol–water partition coefficient (Wildman–Crippen LogP) is 1.97. The Kier molecular flexibility index (Phi) is 6.27. The fourth-order valence-corrected chi connectivity index (χ4v) is 4.48. The Bertz CT molecular complexity index is 921. The van der Waals surface area contributed by atoms with Crippen LogP contribution in [0.5, 0.6) is 0 Å². The van der Waals surface area contributed by atoms with Crippen LogP contribution < -0.4 is 4.90 Å². The van der Waals surface area contributed by atoms with E-state index in [-0.39, 0.29) is 11.8 Å². The number of nitrogens with zero attached hydrogens (tertiary/aromatic N) is 5. The summed E-state index contributed by atoms with van der Waals surface area (Å²) in [4.78, 5) is 38.6. The van der Waals surface area contributed by atoms with E-state index < -0.39 is 0 Å². The zero-order chi connectivity index (χ0) is 22.0. The lowest BCUT2D eigenvalue weighted by atomic mass is 10.1. The van der Waals surface area contributed by atoms with Crippen molar-refractivity contribution in [1.82, 2.24) is 19.7 Å². The Morgan fingerprint density at radius 2 is 1.94 bits per heavy atom. The number of likely N-dealkylation sites (tertiary alicyclic amines) is 1. The lowest BCUT2D eigenvalue weighted by Gasteiger charge is -2.36. The molecule has 2 fully saturated rings. The van der Waals surface area contributed by atoms with Gasteiger partial charge in [0.15, 0.2) is 5.76 Å². The lowest BCUT2D eigenvalue weighted by Crippen LogP contribution is -2.49. The molecule has 2 aromatic heterocycles. The zero-order valence-electron chi connectivity index (χ0n) is 18.6. The highest BCUT2D eigenvalue weighted by Gasteiger charge is 2.29. The van der Waals surface area contributed by atoms with Crippen LogP contribution in [0.4, 0.5) is 5.82 Å². The van der Waals surface area contributed by atoms with Crippen LogP contribution in [0, 0.1) is 12.8 Å². The Hall–Kier alpha value is -2.87. The number of hydrogen-bond acceptors (Lipinski definition) is 6. The first-order chi connectivity index (χ1) is 14.9. The van der Waals surface area contributed by atoms with Crippen molar-refractivity contribution < 1.29 is 14.0 Å². The fraction of sp³-hybridized carbons (Fsp3) is 0.522. The van der Waals surface area contributed by atoms with Gasteiger partial charge in [-0.3, -0.25) is 9.59 Å². The summed E-state index contributed by atoms with van der Waals surface area (Å²) in [5.74, 6) is 1.49. The van der Waals surface area contributed by atoms with E-state index in [0.717, 1.165) is 31.7 Å². The number of hydrogen-bond donors (Lipinski definition) is 0. The highest BCUT2D eigenvalue weighted by Crippen LogP contribution is 2.24. The second kappa shape index (κ2) is 9.09. The fourth-order valence-electron chi connectivity index (χ4n) is 4.48. The summed E-state index contributed by atoms with van der Waals surface area (Å²) in [6, 6.07) is 7.19. The van der Waals surface area contributed by atoms with E-state index in [1.807, 2.05) is 31.0 Å². The third-order valence-corrected chi connectivity index (χ3v) is 6.21. The molecule has 166 valence electrons. The van der Waals surface area contributed by atoms with E-state index in [4.69, 9.17) is 9.40 Å². The maximum absolute atomic E-state index is 13.3. The van der Waals surface area contributed by atoms with Crippen molar-refractivity contribution in [2.45, 2.75) is 13.3 Å². The lowest BCUT2D eigenvalue weighted by molar-refractivity contribution is 0.0711. The van der Waals surface area contributed by atoms with Crippen LogP contribution >= 0.6 is 0 Å². The molecule has 0 aliphatic carbocycles. The molecule has 0 saturated carbocycles. The molecule has 2 saturated heterocycles. The van der Waals surface area contributed by atoms with Gasteiger partial charge in [0, 0.05) is 52.0 Å². The van der Waals surface area contributed by atoms with Gasteiger partial charge in [-0.1, -0.05) is 0 Å². The first-order valence-corrected chi connectivity index (χ1v) is 10.9. The Balaban J connectivity index is 1.44. The average Bonchev–Trinajstić information content (AvgIpc) is 3.45. The Morgan fingerprint density at radius 3 is 2.58 bits per heavy atom. The summed E-state index contributed by atoms with van der Waals surface area (Å²) in [5, 5.41) is 0. The van der Waals surface area contributed by atoms with Gasteiger partial charge >= 0.3 is 0 Å². The normalized spacial score (nSPS) is 19.6. The molecule has 4 heterocycles. The summed E-state index contributed by atoms with van der Waals surface area (Å²) < 4.78 is 5.24. The summed E-state index contributed by atoms with van der Waals surface area (Å²) >= 11 is 0. The highest BCUT2D eigenvalue weighted by molar-refractivity contribution is 5.99. The third kappa shape index (κ3) is 4.74. The molecule has 31 heavy (non-hydrogen) atoms. The van der Waals surface area contributed by atoms with Crippen LogP contribution in [0.2, 0.25) is 0 Å². The van der Waals surface area contributed by atoms with E-state index in [1.54, 1.807) is 17.0 Å². The number of carbonyl (C=O) groups excluding carboxylic acids is 2. The van der Waals surface area contributed by atoms with Crippen molar-refractivity contribution in [3.05, 3.63) is 47.5 Å². The molecule has 4 rings (SSSR count). The van der Waals surface area contributed by atoms with Crippen molar-refractivity contribution in [2.24, 2.45) is 5.92 Å². The van der Waals surface area contributed by atoms with Gasteiger partial charge < -0.3 is 24.0 Å². The summed E-state index contributed by atoms with van der Waals surface area (Å²) in [6.07, 6.45) is 2.64. The molecule has 0 radical (unpaired) electrons. The Labute approximate surface area is 183 Å². The molecule has 2 aliphatic rings. The molecule has 8 heteroatoms. The molecule has 0 N–H and O–H groups in total.